The van der Waals surface area contributed by atoms with Crippen molar-refractivity contribution < 1.29 is 10.2 Å². The lowest BCUT2D eigenvalue weighted by Gasteiger charge is -2.16. The minimum atomic E-state index is -0.527. The Morgan fingerprint density at radius 2 is 2.33 bits per heavy atom. The fraction of sp³-hybridized carbons (Fsp3) is 1.00. The van der Waals surface area contributed by atoms with E-state index in [4.69, 9.17) is 10.6 Å². The van der Waals surface area contributed by atoms with E-state index in [1.54, 1.807) is 0 Å². The standard InChI is InChI=1S/C7H13N3O2/c1-4-5(3-11)7(12)2-6(4)9-10-8/h4-7,11-12H,2-3H2,1H3/t4-,5-,6-,7-/m0/s1. The van der Waals surface area contributed by atoms with Crippen molar-refractivity contribution in [3.8, 4) is 0 Å². The van der Waals surface area contributed by atoms with Crippen molar-refractivity contribution in [2.75, 3.05) is 6.61 Å². The van der Waals surface area contributed by atoms with Gasteiger partial charge in [-0.1, -0.05) is 12.0 Å². The highest BCUT2D eigenvalue weighted by molar-refractivity contribution is 4.92. The minimum Gasteiger partial charge on any atom is -0.396 e. The van der Waals surface area contributed by atoms with Crippen LogP contribution in [-0.4, -0.2) is 29.0 Å². The lowest BCUT2D eigenvalue weighted by molar-refractivity contribution is 0.0754. The van der Waals surface area contributed by atoms with Crippen LogP contribution in [0.4, 0.5) is 0 Å². The molecule has 0 saturated heterocycles. The van der Waals surface area contributed by atoms with Gasteiger partial charge in [-0.2, -0.15) is 0 Å². The molecule has 5 nitrogen and oxygen atoms in total. The van der Waals surface area contributed by atoms with E-state index in [-0.39, 0.29) is 24.5 Å². The zero-order chi connectivity index (χ0) is 9.14. The highest BCUT2D eigenvalue weighted by Crippen LogP contribution is 2.33. The molecule has 0 heterocycles. The predicted octanol–water partition coefficient (Wildman–Crippen LogP) is 0.674. The summed E-state index contributed by atoms with van der Waals surface area (Å²) in [5, 5.41) is 21.9. The van der Waals surface area contributed by atoms with Gasteiger partial charge in [0.05, 0.1) is 6.10 Å². The number of azide groups is 1. The summed E-state index contributed by atoms with van der Waals surface area (Å²) in [6.45, 7) is 1.84. The molecule has 1 saturated carbocycles. The molecule has 1 fully saturated rings. The largest absolute Gasteiger partial charge is 0.396 e. The molecule has 1 rings (SSSR count). The van der Waals surface area contributed by atoms with E-state index in [0.29, 0.717) is 6.42 Å². The van der Waals surface area contributed by atoms with Crippen LogP contribution in [0.2, 0.25) is 0 Å². The Morgan fingerprint density at radius 1 is 1.67 bits per heavy atom. The molecular formula is C7H13N3O2. The van der Waals surface area contributed by atoms with E-state index >= 15 is 0 Å². The summed E-state index contributed by atoms with van der Waals surface area (Å²) in [5.74, 6) is -0.0681. The molecule has 0 aromatic rings. The van der Waals surface area contributed by atoms with Crippen LogP contribution in [0.5, 0.6) is 0 Å². The van der Waals surface area contributed by atoms with Crippen LogP contribution in [0, 0.1) is 11.8 Å². The zero-order valence-electron chi connectivity index (χ0n) is 6.96. The van der Waals surface area contributed by atoms with Crippen LogP contribution in [0.3, 0.4) is 0 Å². The maximum Gasteiger partial charge on any atom is 0.0597 e. The lowest BCUT2D eigenvalue weighted by Crippen LogP contribution is -2.22. The number of hydrogen-bond donors (Lipinski definition) is 2. The van der Waals surface area contributed by atoms with E-state index in [1.165, 1.54) is 0 Å². The fourth-order valence-corrected chi connectivity index (χ4v) is 1.78. The molecular weight excluding hydrogens is 158 g/mol. The second-order valence-electron chi connectivity index (χ2n) is 3.28. The quantitative estimate of drug-likeness (QED) is 0.363. The van der Waals surface area contributed by atoms with Crippen LogP contribution in [0.25, 0.3) is 10.4 Å². The first kappa shape index (κ1) is 9.32. The molecule has 68 valence electrons. The predicted molar refractivity (Wildman–Crippen MR) is 43.3 cm³/mol. The van der Waals surface area contributed by atoms with Crippen molar-refractivity contribution in [3.63, 3.8) is 0 Å². The van der Waals surface area contributed by atoms with Crippen molar-refractivity contribution in [1.29, 1.82) is 0 Å². The Labute approximate surface area is 70.6 Å². The smallest absolute Gasteiger partial charge is 0.0597 e. The Morgan fingerprint density at radius 3 is 2.75 bits per heavy atom. The van der Waals surface area contributed by atoms with Crippen molar-refractivity contribution in [2.45, 2.75) is 25.5 Å². The topological polar surface area (TPSA) is 89.2 Å². The Kier molecular flexibility index (Phi) is 2.92. The molecule has 0 radical (unpaired) electrons. The average molecular weight is 171 g/mol. The number of aliphatic hydroxyl groups excluding tert-OH is 2. The number of hydrogen-bond acceptors (Lipinski definition) is 3. The van der Waals surface area contributed by atoms with Crippen LogP contribution in [0.1, 0.15) is 13.3 Å². The summed E-state index contributed by atoms with van der Waals surface area (Å²) in [4.78, 5) is 2.70. The van der Waals surface area contributed by atoms with Gasteiger partial charge in [0.2, 0.25) is 0 Å². The number of aliphatic hydroxyl groups is 2. The molecule has 0 aromatic carbocycles. The molecule has 2 N–H and O–H groups in total. The van der Waals surface area contributed by atoms with Crippen molar-refractivity contribution >= 4 is 0 Å². The summed E-state index contributed by atoms with van der Waals surface area (Å²) in [6, 6.07) is -0.165. The highest BCUT2D eigenvalue weighted by Gasteiger charge is 2.38. The first-order valence-corrected chi connectivity index (χ1v) is 4.03. The molecule has 1 aliphatic rings. The van der Waals surface area contributed by atoms with Crippen molar-refractivity contribution in [1.82, 2.24) is 0 Å². The summed E-state index contributed by atoms with van der Waals surface area (Å²) < 4.78 is 0. The van der Waals surface area contributed by atoms with Gasteiger partial charge in [0.25, 0.3) is 0 Å². The van der Waals surface area contributed by atoms with Crippen molar-refractivity contribution in [3.05, 3.63) is 10.4 Å². The van der Waals surface area contributed by atoms with Gasteiger partial charge >= 0.3 is 0 Å². The Balaban J connectivity index is 2.67. The third kappa shape index (κ3) is 1.53. The number of nitrogens with zero attached hydrogens (tertiary/aromatic N) is 3. The van der Waals surface area contributed by atoms with Crippen LogP contribution >= 0.6 is 0 Å². The molecule has 0 spiro atoms. The third-order valence-corrected chi connectivity index (χ3v) is 2.67. The van der Waals surface area contributed by atoms with Gasteiger partial charge in [0.15, 0.2) is 0 Å². The molecule has 0 aliphatic heterocycles. The SMILES string of the molecule is C[C@H]1[C@H](CO)[C@@H](O)C[C@@H]1N=[N+]=[N-]. The summed E-state index contributed by atoms with van der Waals surface area (Å²) in [5.41, 5.74) is 8.20. The van der Waals surface area contributed by atoms with E-state index in [9.17, 15) is 5.11 Å². The fourth-order valence-electron chi connectivity index (χ4n) is 1.78. The zero-order valence-corrected chi connectivity index (χ0v) is 6.96. The van der Waals surface area contributed by atoms with Crippen LogP contribution in [0.15, 0.2) is 5.11 Å². The van der Waals surface area contributed by atoms with Gasteiger partial charge in [-0.25, -0.2) is 0 Å². The van der Waals surface area contributed by atoms with E-state index < -0.39 is 6.10 Å². The monoisotopic (exact) mass is 171 g/mol. The van der Waals surface area contributed by atoms with Gasteiger partial charge in [0.1, 0.15) is 0 Å². The minimum absolute atomic E-state index is 0.0419. The summed E-state index contributed by atoms with van der Waals surface area (Å²) >= 11 is 0. The van der Waals surface area contributed by atoms with Crippen LogP contribution in [-0.2, 0) is 0 Å². The van der Waals surface area contributed by atoms with Gasteiger partial charge in [0, 0.05) is 23.5 Å². The summed E-state index contributed by atoms with van der Waals surface area (Å²) in [7, 11) is 0. The number of rotatable bonds is 2. The Hall–Kier alpha value is -0.770. The second-order valence-corrected chi connectivity index (χ2v) is 3.28. The van der Waals surface area contributed by atoms with Gasteiger partial charge < -0.3 is 10.2 Å². The molecule has 5 heteroatoms. The molecule has 1 aliphatic carbocycles. The molecule has 0 amide bonds. The second kappa shape index (κ2) is 3.76. The van der Waals surface area contributed by atoms with E-state index in [0.717, 1.165) is 0 Å². The maximum atomic E-state index is 9.41. The first-order valence-electron chi connectivity index (χ1n) is 4.03. The third-order valence-electron chi connectivity index (χ3n) is 2.67. The maximum absolute atomic E-state index is 9.41. The van der Waals surface area contributed by atoms with Gasteiger partial charge in [-0.3, -0.25) is 0 Å². The average Bonchev–Trinajstić information content (AvgIpc) is 2.29. The molecule has 4 atom stereocenters. The highest BCUT2D eigenvalue weighted by atomic mass is 16.3. The molecule has 12 heavy (non-hydrogen) atoms. The van der Waals surface area contributed by atoms with E-state index in [2.05, 4.69) is 10.0 Å². The molecule has 0 bridgehead atoms. The summed E-state index contributed by atoms with van der Waals surface area (Å²) in [6.07, 6.45) is -0.0586. The van der Waals surface area contributed by atoms with Gasteiger partial charge in [-0.15, -0.1) is 0 Å². The molecule has 0 unspecified atom stereocenters. The normalized spacial score (nSPS) is 40.9. The first-order chi connectivity index (χ1) is 5.70. The van der Waals surface area contributed by atoms with Crippen LogP contribution < -0.4 is 0 Å². The Bertz CT molecular complexity index is 203. The van der Waals surface area contributed by atoms with Crippen molar-refractivity contribution in [2.24, 2.45) is 17.0 Å². The van der Waals surface area contributed by atoms with E-state index in [1.807, 2.05) is 6.92 Å². The lowest BCUT2D eigenvalue weighted by atomic mass is 9.96. The van der Waals surface area contributed by atoms with Gasteiger partial charge in [-0.05, 0) is 17.9 Å². The molecule has 0 aromatic heterocycles.